The van der Waals surface area contributed by atoms with Crippen molar-refractivity contribution in [2.45, 2.75) is 65.5 Å². The van der Waals surface area contributed by atoms with Gasteiger partial charge in [0, 0.05) is 12.1 Å². The molecule has 0 radical (unpaired) electrons. The molecule has 0 aromatic heterocycles. The Morgan fingerprint density at radius 1 is 1.24 bits per heavy atom. The summed E-state index contributed by atoms with van der Waals surface area (Å²) in [6.07, 6.45) is 4.74. The van der Waals surface area contributed by atoms with Gasteiger partial charge in [-0.15, -0.1) is 0 Å². The summed E-state index contributed by atoms with van der Waals surface area (Å²) in [4.78, 5) is 11.6. The number of carbonyl (C=O) groups excluding carboxylic acids is 1. The van der Waals surface area contributed by atoms with Crippen molar-refractivity contribution >= 4 is 5.91 Å². The van der Waals surface area contributed by atoms with Gasteiger partial charge >= 0.3 is 0 Å². The van der Waals surface area contributed by atoms with Gasteiger partial charge in [0.25, 0.3) is 0 Å². The standard InChI is InChI=1S/C14H28N2O/c1-5-12(4)16-14(17)9-15-13-7-10(2)6-11(3)8-13/h10-13,15H,5-9H2,1-4H3,(H,16,17). The molecule has 1 saturated carbocycles. The molecule has 0 aliphatic heterocycles. The molecule has 0 aromatic carbocycles. The topological polar surface area (TPSA) is 41.1 Å². The van der Waals surface area contributed by atoms with Gasteiger partial charge in [0.15, 0.2) is 0 Å². The monoisotopic (exact) mass is 240 g/mol. The number of hydrogen-bond donors (Lipinski definition) is 2. The molecule has 0 spiro atoms. The average Bonchev–Trinajstić information content (AvgIpc) is 2.25. The molecule has 3 atom stereocenters. The van der Waals surface area contributed by atoms with Gasteiger partial charge in [-0.3, -0.25) is 4.79 Å². The molecule has 1 fully saturated rings. The van der Waals surface area contributed by atoms with E-state index in [1.807, 2.05) is 6.92 Å². The van der Waals surface area contributed by atoms with Crippen LogP contribution in [0.1, 0.15) is 53.4 Å². The second-order valence-corrected chi connectivity index (χ2v) is 5.87. The minimum absolute atomic E-state index is 0.130. The fraction of sp³-hybridized carbons (Fsp3) is 0.929. The molecular weight excluding hydrogens is 212 g/mol. The first-order valence-corrected chi connectivity index (χ1v) is 7.04. The third-order valence-corrected chi connectivity index (χ3v) is 3.75. The molecule has 1 aliphatic carbocycles. The van der Waals surface area contributed by atoms with Crippen LogP contribution in [0, 0.1) is 11.8 Å². The van der Waals surface area contributed by atoms with Gasteiger partial charge in [-0.25, -0.2) is 0 Å². The maximum absolute atomic E-state index is 11.6. The summed E-state index contributed by atoms with van der Waals surface area (Å²) in [5.74, 6) is 1.70. The summed E-state index contributed by atoms with van der Waals surface area (Å²) in [5.41, 5.74) is 0. The number of amides is 1. The van der Waals surface area contributed by atoms with Crippen LogP contribution in [0.5, 0.6) is 0 Å². The minimum Gasteiger partial charge on any atom is -0.353 e. The van der Waals surface area contributed by atoms with Gasteiger partial charge in [-0.2, -0.15) is 0 Å². The Morgan fingerprint density at radius 2 is 1.82 bits per heavy atom. The quantitative estimate of drug-likeness (QED) is 0.774. The Kier molecular flexibility index (Phi) is 5.96. The van der Waals surface area contributed by atoms with E-state index in [1.165, 1.54) is 19.3 Å². The molecule has 0 aromatic rings. The van der Waals surface area contributed by atoms with Crippen LogP contribution < -0.4 is 10.6 Å². The van der Waals surface area contributed by atoms with Crippen molar-refractivity contribution in [3.05, 3.63) is 0 Å². The molecular formula is C14H28N2O. The van der Waals surface area contributed by atoms with Crippen molar-refractivity contribution in [2.24, 2.45) is 11.8 Å². The predicted octanol–water partition coefficient (Wildman–Crippen LogP) is 2.32. The van der Waals surface area contributed by atoms with E-state index in [-0.39, 0.29) is 11.9 Å². The van der Waals surface area contributed by atoms with Crippen LogP contribution in [0.3, 0.4) is 0 Å². The van der Waals surface area contributed by atoms with Crippen LogP contribution in [-0.2, 0) is 4.79 Å². The lowest BCUT2D eigenvalue weighted by Gasteiger charge is -2.32. The van der Waals surface area contributed by atoms with Crippen molar-refractivity contribution in [3.63, 3.8) is 0 Å². The van der Waals surface area contributed by atoms with E-state index >= 15 is 0 Å². The van der Waals surface area contributed by atoms with Gasteiger partial charge in [0.2, 0.25) is 5.91 Å². The fourth-order valence-corrected chi connectivity index (χ4v) is 2.78. The van der Waals surface area contributed by atoms with Gasteiger partial charge in [-0.05, 0) is 44.4 Å². The van der Waals surface area contributed by atoms with E-state index in [0.29, 0.717) is 12.6 Å². The van der Waals surface area contributed by atoms with Crippen LogP contribution in [-0.4, -0.2) is 24.5 Å². The lowest BCUT2D eigenvalue weighted by atomic mass is 9.80. The number of nitrogens with one attached hydrogen (secondary N) is 2. The number of hydrogen-bond acceptors (Lipinski definition) is 2. The van der Waals surface area contributed by atoms with Gasteiger partial charge in [0.05, 0.1) is 6.54 Å². The Labute approximate surface area is 106 Å². The Morgan fingerprint density at radius 3 is 2.35 bits per heavy atom. The fourth-order valence-electron chi connectivity index (χ4n) is 2.78. The van der Waals surface area contributed by atoms with E-state index in [1.54, 1.807) is 0 Å². The molecule has 2 N–H and O–H groups in total. The second-order valence-electron chi connectivity index (χ2n) is 5.87. The maximum Gasteiger partial charge on any atom is 0.234 e. The molecule has 1 rings (SSSR count). The first-order chi connectivity index (χ1) is 8.01. The van der Waals surface area contributed by atoms with E-state index in [9.17, 15) is 4.79 Å². The Hall–Kier alpha value is -0.570. The highest BCUT2D eigenvalue weighted by atomic mass is 16.1. The zero-order chi connectivity index (χ0) is 12.8. The summed E-state index contributed by atoms with van der Waals surface area (Å²) >= 11 is 0. The van der Waals surface area contributed by atoms with E-state index < -0.39 is 0 Å². The van der Waals surface area contributed by atoms with Crippen LogP contribution in [0.4, 0.5) is 0 Å². The highest BCUT2D eigenvalue weighted by Crippen LogP contribution is 2.28. The Bertz CT molecular complexity index is 232. The Balaban J connectivity index is 2.23. The minimum atomic E-state index is 0.130. The average molecular weight is 240 g/mol. The molecule has 1 amide bonds. The number of carbonyl (C=O) groups is 1. The van der Waals surface area contributed by atoms with Gasteiger partial charge < -0.3 is 10.6 Å². The maximum atomic E-state index is 11.6. The van der Waals surface area contributed by atoms with Crippen molar-refractivity contribution in [1.82, 2.24) is 10.6 Å². The summed E-state index contributed by atoms with van der Waals surface area (Å²) in [5, 5.41) is 6.39. The molecule has 1 aliphatic rings. The largest absolute Gasteiger partial charge is 0.353 e. The SMILES string of the molecule is CCC(C)NC(=O)CNC1CC(C)CC(C)C1. The third-order valence-electron chi connectivity index (χ3n) is 3.75. The molecule has 100 valence electrons. The summed E-state index contributed by atoms with van der Waals surface area (Å²) in [6.45, 7) is 9.22. The van der Waals surface area contributed by atoms with Crippen molar-refractivity contribution in [1.29, 1.82) is 0 Å². The molecule has 3 nitrogen and oxygen atoms in total. The van der Waals surface area contributed by atoms with Crippen molar-refractivity contribution in [3.8, 4) is 0 Å². The molecule has 0 heterocycles. The molecule has 3 unspecified atom stereocenters. The highest BCUT2D eigenvalue weighted by Gasteiger charge is 2.23. The van der Waals surface area contributed by atoms with Crippen molar-refractivity contribution in [2.75, 3.05) is 6.54 Å². The van der Waals surface area contributed by atoms with Crippen molar-refractivity contribution < 1.29 is 4.79 Å². The summed E-state index contributed by atoms with van der Waals surface area (Å²) in [6, 6.07) is 0.810. The van der Waals surface area contributed by atoms with E-state index in [4.69, 9.17) is 0 Å². The number of rotatable bonds is 5. The zero-order valence-corrected chi connectivity index (χ0v) is 11.8. The first-order valence-electron chi connectivity index (χ1n) is 7.04. The predicted molar refractivity (Wildman–Crippen MR) is 71.9 cm³/mol. The third kappa shape index (κ3) is 5.53. The lowest BCUT2D eigenvalue weighted by molar-refractivity contribution is -0.121. The second kappa shape index (κ2) is 7.00. The van der Waals surface area contributed by atoms with Gasteiger partial charge in [0.1, 0.15) is 0 Å². The van der Waals surface area contributed by atoms with Crippen LogP contribution in [0.2, 0.25) is 0 Å². The molecule has 0 bridgehead atoms. The summed E-state index contributed by atoms with van der Waals surface area (Å²) in [7, 11) is 0. The van der Waals surface area contributed by atoms with E-state index in [2.05, 4.69) is 31.4 Å². The normalized spacial score (nSPS) is 30.9. The highest BCUT2D eigenvalue weighted by molar-refractivity contribution is 5.78. The molecule has 0 saturated heterocycles. The van der Waals surface area contributed by atoms with Crippen LogP contribution in [0.25, 0.3) is 0 Å². The smallest absolute Gasteiger partial charge is 0.234 e. The molecule has 3 heteroatoms. The van der Waals surface area contributed by atoms with Crippen LogP contribution >= 0.6 is 0 Å². The summed E-state index contributed by atoms with van der Waals surface area (Å²) < 4.78 is 0. The van der Waals surface area contributed by atoms with Gasteiger partial charge in [-0.1, -0.05) is 20.8 Å². The molecule has 17 heavy (non-hydrogen) atoms. The lowest BCUT2D eigenvalue weighted by Crippen LogP contribution is -2.44. The first kappa shape index (κ1) is 14.5. The van der Waals surface area contributed by atoms with Crippen LogP contribution in [0.15, 0.2) is 0 Å². The zero-order valence-electron chi connectivity index (χ0n) is 11.8. The van der Waals surface area contributed by atoms with E-state index in [0.717, 1.165) is 18.3 Å².